The summed E-state index contributed by atoms with van der Waals surface area (Å²) in [4.78, 5) is 4.36. The number of halogens is 1. The Morgan fingerprint density at radius 3 is 2.73 bits per heavy atom. The van der Waals surface area contributed by atoms with Gasteiger partial charge in [-0.25, -0.2) is 4.98 Å². The summed E-state index contributed by atoms with van der Waals surface area (Å²) in [6, 6.07) is 7.85. The first-order valence-electron chi connectivity index (χ1n) is 4.57. The minimum atomic E-state index is 0.397. The van der Waals surface area contributed by atoms with Crippen molar-refractivity contribution >= 4 is 15.9 Å². The third-order valence-corrected chi connectivity index (χ3v) is 2.84. The molecule has 0 spiro atoms. The lowest BCUT2D eigenvalue weighted by molar-refractivity contribution is 0.703. The number of hydrogen-bond donors (Lipinski definition) is 1. The molecule has 2 N–H and O–H groups in total. The summed E-state index contributed by atoms with van der Waals surface area (Å²) in [7, 11) is 1.84. The minimum absolute atomic E-state index is 0.397. The van der Waals surface area contributed by atoms with Crippen LogP contribution in [0.5, 0.6) is 0 Å². The normalized spacial score (nSPS) is 10.6. The molecule has 0 radical (unpaired) electrons. The number of rotatable bonds is 2. The second-order valence-electron chi connectivity index (χ2n) is 3.16. The Labute approximate surface area is 96.3 Å². The molecule has 0 saturated heterocycles. The molecule has 78 valence electrons. The molecule has 4 nitrogen and oxygen atoms in total. The Balaban J connectivity index is 2.50. The molecule has 0 aliphatic carbocycles. The summed E-state index contributed by atoms with van der Waals surface area (Å²) in [5, 5.41) is 4.31. The van der Waals surface area contributed by atoms with Gasteiger partial charge in [0, 0.05) is 17.1 Å². The Morgan fingerprint density at radius 1 is 1.40 bits per heavy atom. The van der Waals surface area contributed by atoms with Crippen molar-refractivity contribution in [2.45, 2.75) is 6.54 Å². The van der Waals surface area contributed by atoms with Crippen molar-refractivity contribution in [3.8, 4) is 11.4 Å². The Kier molecular flexibility index (Phi) is 2.83. The average Bonchev–Trinajstić information content (AvgIpc) is 2.60. The van der Waals surface area contributed by atoms with Crippen LogP contribution in [0.15, 0.2) is 28.7 Å². The molecule has 0 amide bonds. The zero-order valence-corrected chi connectivity index (χ0v) is 9.90. The third kappa shape index (κ3) is 1.93. The Morgan fingerprint density at radius 2 is 2.13 bits per heavy atom. The van der Waals surface area contributed by atoms with E-state index in [0.717, 1.165) is 15.9 Å². The molecule has 15 heavy (non-hydrogen) atoms. The maximum absolute atomic E-state index is 5.55. The highest BCUT2D eigenvalue weighted by atomic mass is 79.9. The van der Waals surface area contributed by atoms with Crippen molar-refractivity contribution in [2.24, 2.45) is 12.8 Å². The fourth-order valence-corrected chi connectivity index (χ4v) is 1.81. The smallest absolute Gasteiger partial charge is 0.182 e. The quantitative estimate of drug-likeness (QED) is 0.901. The van der Waals surface area contributed by atoms with Crippen molar-refractivity contribution in [2.75, 3.05) is 0 Å². The maximum Gasteiger partial charge on any atom is 0.182 e. The SMILES string of the molecule is Cn1nc(-c2ccccc2Br)nc1CN. The maximum atomic E-state index is 5.55. The number of aryl methyl sites for hydroxylation is 1. The van der Waals surface area contributed by atoms with Gasteiger partial charge >= 0.3 is 0 Å². The average molecular weight is 267 g/mol. The van der Waals surface area contributed by atoms with E-state index in [0.29, 0.717) is 12.4 Å². The Hall–Kier alpha value is -1.20. The number of nitrogens with zero attached hydrogens (tertiary/aromatic N) is 3. The van der Waals surface area contributed by atoms with E-state index in [4.69, 9.17) is 5.73 Å². The second kappa shape index (κ2) is 4.12. The predicted molar refractivity (Wildman–Crippen MR) is 62.0 cm³/mol. The zero-order chi connectivity index (χ0) is 10.8. The lowest BCUT2D eigenvalue weighted by Crippen LogP contribution is -2.05. The van der Waals surface area contributed by atoms with Crippen LogP contribution in [0.25, 0.3) is 11.4 Å². The number of aromatic nitrogens is 3. The molecule has 0 aliphatic heterocycles. The van der Waals surface area contributed by atoms with E-state index in [9.17, 15) is 0 Å². The largest absolute Gasteiger partial charge is 0.324 e. The standard InChI is InChI=1S/C10H11BrN4/c1-15-9(6-12)13-10(14-15)7-4-2-3-5-8(7)11/h2-5H,6,12H2,1H3. The zero-order valence-electron chi connectivity index (χ0n) is 8.31. The fraction of sp³-hybridized carbons (Fsp3) is 0.200. The summed E-state index contributed by atoms with van der Waals surface area (Å²) in [5.74, 6) is 1.48. The van der Waals surface area contributed by atoms with Gasteiger partial charge in [-0.2, -0.15) is 5.10 Å². The van der Waals surface area contributed by atoms with Gasteiger partial charge in [-0.15, -0.1) is 0 Å². The van der Waals surface area contributed by atoms with E-state index < -0.39 is 0 Å². The summed E-state index contributed by atoms with van der Waals surface area (Å²) in [6.07, 6.45) is 0. The van der Waals surface area contributed by atoms with Gasteiger partial charge in [0.25, 0.3) is 0 Å². The van der Waals surface area contributed by atoms with Crippen LogP contribution in [0.3, 0.4) is 0 Å². The predicted octanol–water partition coefficient (Wildman–Crippen LogP) is 1.70. The molecule has 2 rings (SSSR count). The molecule has 0 bridgehead atoms. The first-order valence-corrected chi connectivity index (χ1v) is 5.36. The van der Waals surface area contributed by atoms with E-state index >= 15 is 0 Å². The monoisotopic (exact) mass is 266 g/mol. The van der Waals surface area contributed by atoms with Crippen molar-refractivity contribution in [1.29, 1.82) is 0 Å². The summed E-state index contributed by atoms with van der Waals surface area (Å²) < 4.78 is 2.69. The van der Waals surface area contributed by atoms with Crippen LogP contribution in [0.4, 0.5) is 0 Å². The van der Waals surface area contributed by atoms with E-state index in [1.807, 2.05) is 31.3 Å². The van der Waals surface area contributed by atoms with Crippen LogP contribution < -0.4 is 5.73 Å². The summed E-state index contributed by atoms with van der Waals surface area (Å²) >= 11 is 3.47. The first-order chi connectivity index (χ1) is 7.22. The molecule has 1 aromatic carbocycles. The molecular formula is C10H11BrN4. The molecule has 5 heteroatoms. The second-order valence-corrected chi connectivity index (χ2v) is 4.01. The molecular weight excluding hydrogens is 256 g/mol. The van der Waals surface area contributed by atoms with Gasteiger partial charge in [0.1, 0.15) is 5.82 Å². The van der Waals surface area contributed by atoms with Crippen LogP contribution in [-0.2, 0) is 13.6 Å². The molecule has 0 aliphatic rings. The third-order valence-electron chi connectivity index (χ3n) is 2.15. The van der Waals surface area contributed by atoms with Crippen molar-refractivity contribution in [1.82, 2.24) is 14.8 Å². The van der Waals surface area contributed by atoms with Gasteiger partial charge in [-0.3, -0.25) is 4.68 Å². The molecule has 0 atom stereocenters. The van der Waals surface area contributed by atoms with E-state index in [1.54, 1.807) is 4.68 Å². The minimum Gasteiger partial charge on any atom is -0.324 e. The Bertz CT molecular complexity index is 478. The number of nitrogens with two attached hydrogens (primary N) is 1. The van der Waals surface area contributed by atoms with Gasteiger partial charge in [0.15, 0.2) is 5.82 Å². The van der Waals surface area contributed by atoms with Gasteiger partial charge in [-0.05, 0) is 12.1 Å². The highest BCUT2D eigenvalue weighted by molar-refractivity contribution is 9.10. The van der Waals surface area contributed by atoms with Gasteiger partial charge in [0.05, 0.1) is 6.54 Å². The van der Waals surface area contributed by atoms with Crippen LogP contribution in [0.2, 0.25) is 0 Å². The number of benzene rings is 1. The molecule has 1 aromatic heterocycles. The van der Waals surface area contributed by atoms with Crippen LogP contribution >= 0.6 is 15.9 Å². The van der Waals surface area contributed by atoms with Gasteiger partial charge in [0.2, 0.25) is 0 Å². The number of hydrogen-bond acceptors (Lipinski definition) is 3. The molecule has 0 unspecified atom stereocenters. The lowest BCUT2D eigenvalue weighted by atomic mass is 10.2. The molecule has 0 saturated carbocycles. The molecule has 2 aromatic rings. The first kappa shape index (κ1) is 10.3. The van der Waals surface area contributed by atoms with Crippen molar-refractivity contribution < 1.29 is 0 Å². The van der Waals surface area contributed by atoms with Gasteiger partial charge in [-0.1, -0.05) is 28.1 Å². The summed E-state index contributed by atoms with van der Waals surface area (Å²) in [6.45, 7) is 0.397. The lowest BCUT2D eigenvalue weighted by Gasteiger charge is -1.97. The highest BCUT2D eigenvalue weighted by Gasteiger charge is 2.09. The highest BCUT2D eigenvalue weighted by Crippen LogP contribution is 2.24. The van der Waals surface area contributed by atoms with E-state index in [-0.39, 0.29) is 0 Å². The van der Waals surface area contributed by atoms with Crippen LogP contribution in [0, 0.1) is 0 Å². The van der Waals surface area contributed by atoms with Crippen molar-refractivity contribution in [3.63, 3.8) is 0 Å². The van der Waals surface area contributed by atoms with Crippen LogP contribution in [0.1, 0.15) is 5.82 Å². The fourth-order valence-electron chi connectivity index (χ4n) is 1.35. The summed E-state index contributed by atoms with van der Waals surface area (Å²) in [5.41, 5.74) is 6.52. The topological polar surface area (TPSA) is 56.7 Å². The molecule has 1 heterocycles. The van der Waals surface area contributed by atoms with Gasteiger partial charge < -0.3 is 5.73 Å². The van der Waals surface area contributed by atoms with E-state index in [1.165, 1.54) is 0 Å². The van der Waals surface area contributed by atoms with E-state index in [2.05, 4.69) is 26.0 Å². The van der Waals surface area contributed by atoms with Crippen LogP contribution in [-0.4, -0.2) is 14.8 Å². The van der Waals surface area contributed by atoms with Crippen molar-refractivity contribution in [3.05, 3.63) is 34.6 Å². The molecule has 0 fully saturated rings.